The molecule has 2 heterocycles. The van der Waals surface area contributed by atoms with Gasteiger partial charge in [-0.1, -0.05) is 38.1 Å². The second kappa shape index (κ2) is 9.68. The number of benzene rings is 2. The van der Waals surface area contributed by atoms with Crippen LogP contribution in [-0.2, 0) is 14.8 Å². The van der Waals surface area contributed by atoms with E-state index in [1.807, 2.05) is 0 Å². The maximum atomic E-state index is 13.1. The zero-order chi connectivity index (χ0) is 24.5. The molecule has 1 atom stereocenters. The number of Topliss-reactive ketones (excluding diaryl/α,β-unsaturated/α-hetero) is 1. The van der Waals surface area contributed by atoms with Crippen LogP contribution in [0.15, 0.2) is 53.4 Å². The Labute approximate surface area is 199 Å². The molecule has 2 aliphatic rings. The zero-order valence-electron chi connectivity index (χ0n) is 19.3. The standard InChI is InChI=1S/C25H28N2O6S/c1-3-22-25(30)27(24(29)20-9-4-5-10-23(20)33-22)16-21(28)18-7-6-8-19(15-18)34(31,32)26-13-11-17(2)12-14-26/h4-10,15,17,22H,3,11-14,16H2,1-2H3/t22-/m1/s1. The van der Waals surface area contributed by atoms with Crippen LogP contribution in [0.3, 0.4) is 0 Å². The number of rotatable bonds is 6. The normalized spacial score (nSPS) is 19.9. The van der Waals surface area contributed by atoms with Crippen LogP contribution in [0.4, 0.5) is 0 Å². The first-order valence-electron chi connectivity index (χ1n) is 11.5. The van der Waals surface area contributed by atoms with Crippen LogP contribution in [0.25, 0.3) is 0 Å². The molecule has 180 valence electrons. The first-order chi connectivity index (χ1) is 16.2. The number of fused-ring (bicyclic) bond motifs is 1. The summed E-state index contributed by atoms with van der Waals surface area (Å²) in [6.07, 6.45) is 1.01. The number of carbonyl (C=O) groups is 3. The second-order valence-electron chi connectivity index (χ2n) is 8.78. The fourth-order valence-electron chi connectivity index (χ4n) is 4.22. The number of imide groups is 1. The fourth-order valence-corrected chi connectivity index (χ4v) is 5.73. The van der Waals surface area contributed by atoms with Gasteiger partial charge in [0.05, 0.1) is 17.0 Å². The predicted octanol–water partition coefficient (Wildman–Crippen LogP) is 3.13. The van der Waals surface area contributed by atoms with Crippen molar-refractivity contribution < 1.29 is 27.5 Å². The quantitative estimate of drug-likeness (QED) is 0.461. The van der Waals surface area contributed by atoms with Crippen LogP contribution in [0.1, 0.15) is 53.8 Å². The van der Waals surface area contributed by atoms with Crippen molar-refractivity contribution in [2.45, 2.75) is 44.1 Å². The van der Waals surface area contributed by atoms with E-state index in [1.54, 1.807) is 31.2 Å². The lowest BCUT2D eigenvalue weighted by atomic mass is 10.0. The van der Waals surface area contributed by atoms with E-state index in [0.29, 0.717) is 31.2 Å². The lowest BCUT2D eigenvalue weighted by Gasteiger charge is -2.29. The van der Waals surface area contributed by atoms with E-state index in [4.69, 9.17) is 4.74 Å². The number of ether oxygens (including phenoxy) is 1. The van der Waals surface area contributed by atoms with Crippen LogP contribution < -0.4 is 4.74 Å². The molecule has 2 aromatic rings. The number of nitrogens with zero attached hydrogens (tertiary/aromatic N) is 2. The summed E-state index contributed by atoms with van der Waals surface area (Å²) in [5, 5.41) is 0. The van der Waals surface area contributed by atoms with Gasteiger partial charge in [-0.3, -0.25) is 19.3 Å². The molecular weight excluding hydrogens is 456 g/mol. The molecule has 2 aromatic carbocycles. The summed E-state index contributed by atoms with van der Waals surface area (Å²) < 4.78 is 33.4. The Balaban J connectivity index is 1.59. The minimum atomic E-state index is -3.74. The molecule has 4 rings (SSSR count). The van der Waals surface area contributed by atoms with Crippen molar-refractivity contribution in [1.82, 2.24) is 9.21 Å². The molecule has 0 bridgehead atoms. The van der Waals surface area contributed by atoms with Crippen molar-refractivity contribution in [3.63, 3.8) is 0 Å². The van der Waals surface area contributed by atoms with Gasteiger partial charge in [0.25, 0.3) is 11.8 Å². The van der Waals surface area contributed by atoms with E-state index in [9.17, 15) is 22.8 Å². The summed E-state index contributed by atoms with van der Waals surface area (Å²) in [6, 6.07) is 12.3. The Morgan fingerprint density at radius 1 is 1.06 bits per heavy atom. The Morgan fingerprint density at radius 3 is 2.47 bits per heavy atom. The number of amides is 2. The minimum Gasteiger partial charge on any atom is -0.480 e. The van der Waals surface area contributed by atoms with Crippen molar-refractivity contribution in [2.75, 3.05) is 19.6 Å². The molecule has 0 spiro atoms. The molecule has 34 heavy (non-hydrogen) atoms. The van der Waals surface area contributed by atoms with Gasteiger partial charge < -0.3 is 4.74 Å². The predicted molar refractivity (Wildman–Crippen MR) is 125 cm³/mol. The summed E-state index contributed by atoms with van der Waals surface area (Å²) in [4.78, 5) is 40.2. The summed E-state index contributed by atoms with van der Waals surface area (Å²) in [5.41, 5.74) is 0.328. The van der Waals surface area contributed by atoms with E-state index < -0.39 is 40.3 Å². The van der Waals surface area contributed by atoms with Gasteiger partial charge in [-0.25, -0.2) is 8.42 Å². The molecular formula is C25H28N2O6S. The molecule has 0 aliphatic carbocycles. The van der Waals surface area contributed by atoms with Gasteiger partial charge in [0.1, 0.15) is 5.75 Å². The summed E-state index contributed by atoms with van der Waals surface area (Å²) in [7, 11) is -3.74. The molecule has 8 nitrogen and oxygen atoms in total. The van der Waals surface area contributed by atoms with Crippen LogP contribution >= 0.6 is 0 Å². The Morgan fingerprint density at radius 2 is 1.76 bits per heavy atom. The van der Waals surface area contributed by atoms with Gasteiger partial charge in [-0.15, -0.1) is 0 Å². The first-order valence-corrected chi connectivity index (χ1v) is 12.9. The number of piperidine rings is 1. The highest BCUT2D eigenvalue weighted by molar-refractivity contribution is 7.89. The number of para-hydroxylation sites is 1. The van der Waals surface area contributed by atoms with Crippen molar-refractivity contribution in [1.29, 1.82) is 0 Å². The molecule has 0 saturated carbocycles. The van der Waals surface area contributed by atoms with Gasteiger partial charge in [-0.05, 0) is 49.4 Å². The van der Waals surface area contributed by atoms with Crippen LogP contribution in [-0.4, -0.2) is 61.0 Å². The van der Waals surface area contributed by atoms with Crippen molar-refractivity contribution in [3.8, 4) is 5.75 Å². The minimum absolute atomic E-state index is 0.0292. The summed E-state index contributed by atoms with van der Waals surface area (Å²) in [5.74, 6) is -0.963. The van der Waals surface area contributed by atoms with Gasteiger partial charge in [0.15, 0.2) is 11.9 Å². The molecule has 0 aromatic heterocycles. The number of carbonyl (C=O) groups excluding carboxylic acids is 3. The SMILES string of the molecule is CC[C@H]1Oc2ccccc2C(=O)N(CC(=O)c2cccc(S(=O)(=O)N3CCC(C)CC3)c2)C1=O. The third-order valence-electron chi connectivity index (χ3n) is 6.38. The third-order valence-corrected chi connectivity index (χ3v) is 8.28. The van der Waals surface area contributed by atoms with Crippen LogP contribution in [0.2, 0.25) is 0 Å². The van der Waals surface area contributed by atoms with Gasteiger partial charge in [0.2, 0.25) is 10.0 Å². The van der Waals surface area contributed by atoms with E-state index in [2.05, 4.69) is 6.92 Å². The lowest BCUT2D eigenvalue weighted by Crippen LogP contribution is -2.45. The van der Waals surface area contributed by atoms with Crippen molar-refractivity contribution in [3.05, 3.63) is 59.7 Å². The molecule has 1 saturated heterocycles. The molecule has 0 radical (unpaired) electrons. The van der Waals surface area contributed by atoms with Crippen LogP contribution in [0, 0.1) is 5.92 Å². The van der Waals surface area contributed by atoms with Crippen molar-refractivity contribution >= 4 is 27.6 Å². The van der Waals surface area contributed by atoms with Crippen molar-refractivity contribution in [2.24, 2.45) is 5.92 Å². The molecule has 2 amide bonds. The highest BCUT2D eigenvalue weighted by Gasteiger charge is 2.37. The number of ketones is 1. The highest BCUT2D eigenvalue weighted by atomic mass is 32.2. The van der Waals surface area contributed by atoms with E-state index >= 15 is 0 Å². The topological polar surface area (TPSA) is 101 Å². The molecule has 2 aliphatic heterocycles. The lowest BCUT2D eigenvalue weighted by molar-refractivity contribution is -0.135. The van der Waals surface area contributed by atoms with Gasteiger partial charge in [0, 0.05) is 18.7 Å². The van der Waals surface area contributed by atoms with Gasteiger partial charge in [-0.2, -0.15) is 4.31 Å². The first kappa shape index (κ1) is 24.1. The van der Waals surface area contributed by atoms with E-state index in [1.165, 1.54) is 28.6 Å². The third kappa shape index (κ3) is 4.63. The zero-order valence-corrected chi connectivity index (χ0v) is 20.1. The maximum absolute atomic E-state index is 13.1. The monoisotopic (exact) mass is 484 g/mol. The summed E-state index contributed by atoms with van der Waals surface area (Å²) in [6.45, 7) is 4.24. The van der Waals surface area contributed by atoms with Crippen LogP contribution in [0.5, 0.6) is 5.75 Å². The van der Waals surface area contributed by atoms with E-state index in [-0.39, 0.29) is 16.0 Å². The molecule has 9 heteroatoms. The molecule has 1 fully saturated rings. The largest absolute Gasteiger partial charge is 0.480 e. The molecule has 0 N–H and O–H groups in total. The second-order valence-corrected chi connectivity index (χ2v) is 10.7. The Kier molecular flexibility index (Phi) is 6.86. The molecule has 0 unspecified atom stereocenters. The maximum Gasteiger partial charge on any atom is 0.270 e. The average molecular weight is 485 g/mol. The number of hydrogen-bond acceptors (Lipinski definition) is 6. The van der Waals surface area contributed by atoms with E-state index in [0.717, 1.165) is 17.7 Å². The number of hydrogen-bond donors (Lipinski definition) is 0. The smallest absolute Gasteiger partial charge is 0.270 e. The van der Waals surface area contributed by atoms with Gasteiger partial charge >= 0.3 is 0 Å². The Hall–Kier alpha value is -3.04. The summed E-state index contributed by atoms with van der Waals surface area (Å²) >= 11 is 0. The Bertz CT molecular complexity index is 1220. The number of sulfonamides is 1. The highest BCUT2D eigenvalue weighted by Crippen LogP contribution is 2.27. The average Bonchev–Trinajstić information content (AvgIpc) is 2.94. The fraction of sp³-hybridized carbons (Fsp3) is 0.400.